The molecule has 256 valence electrons. The fraction of sp³-hybridized carbons (Fsp3) is 0.188. The molecule has 4 aromatic carbocycles. The molecule has 0 amide bonds. The number of alkyl halides is 9. The molecular formula is C32H23F9O6S. The zero-order chi connectivity index (χ0) is 35.9. The van der Waals surface area contributed by atoms with Gasteiger partial charge in [0.1, 0.15) is 11.5 Å². The molecule has 2 N–H and O–H groups in total. The van der Waals surface area contributed by atoms with Gasteiger partial charge in [0, 0.05) is 16.0 Å². The molecule has 0 fully saturated rings. The first-order valence-electron chi connectivity index (χ1n) is 13.3. The number of rotatable bonds is 9. The van der Waals surface area contributed by atoms with Crippen LogP contribution in [0.5, 0.6) is 11.5 Å². The van der Waals surface area contributed by atoms with Crippen LogP contribution in [0.2, 0.25) is 0 Å². The second-order valence-corrected chi connectivity index (χ2v) is 10.9. The van der Waals surface area contributed by atoms with Crippen molar-refractivity contribution in [3.8, 4) is 33.8 Å². The van der Waals surface area contributed by atoms with E-state index < -0.39 is 54.1 Å². The smallest absolute Gasteiger partial charge is 0.446 e. The van der Waals surface area contributed by atoms with Gasteiger partial charge in [0.05, 0.1) is 11.1 Å². The zero-order valence-electron chi connectivity index (χ0n) is 24.3. The molecule has 0 aliphatic rings. The summed E-state index contributed by atoms with van der Waals surface area (Å²) in [6.07, 6.45) is -9.13. The monoisotopic (exact) mass is 706 g/mol. The molecule has 0 aliphatic carbocycles. The van der Waals surface area contributed by atoms with Crippen molar-refractivity contribution < 1.29 is 68.8 Å². The highest BCUT2D eigenvalue weighted by Crippen LogP contribution is 2.41. The van der Waals surface area contributed by atoms with Crippen LogP contribution in [0, 0.1) is 6.92 Å². The first kappa shape index (κ1) is 37.6. The summed E-state index contributed by atoms with van der Waals surface area (Å²) in [6.45, 7) is 0.461. The van der Waals surface area contributed by atoms with E-state index in [-0.39, 0.29) is 44.8 Å². The maximum atomic E-state index is 12.9. The van der Waals surface area contributed by atoms with E-state index in [4.69, 9.17) is 19.7 Å². The largest absolute Gasteiger partial charge is 0.481 e. The number of hydrogen-bond donors (Lipinski definition) is 2. The van der Waals surface area contributed by atoms with Crippen molar-refractivity contribution >= 4 is 23.7 Å². The van der Waals surface area contributed by atoms with Crippen molar-refractivity contribution in [3.63, 3.8) is 0 Å². The van der Waals surface area contributed by atoms with E-state index in [1.807, 2.05) is 6.92 Å². The van der Waals surface area contributed by atoms with Gasteiger partial charge in [-0.1, -0.05) is 42.0 Å². The summed E-state index contributed by atoms with van der Waals surface area (Å²) in [5.41, 5.74) is -4.53. The van der Waals surface area contributed by atoms with Crippen molar-refractivity contribution in [2.24, 2.45) is 0 Å². The van der Waals surface area contributed by atoms with E-state index in [0.29, 0.717) is 5.56 Å². The second kappa shape index (κ2) is 15.4. The highest BCUT2D eigenvalue weighted by molar-refractivity contribution is 8.00. The van der Waals surface area contributed by atoms with Crippen LogP contribution in [0.15, 0.2) is 89.8 Å². The maximum Gasteiger partial charge on any atom is 0.446 e. The lowest BCUT2D eigenvalue weighted by atomic mass is 10.0. The molecule has 0 heterocycles. The molecule has 4 aromatic rings. The maximum absolute atomic E-state index is 12.9. The van der Waals surface area contributed by atoms with Gasteiger partial charge in [-0.2, -0.15) is 39.5 Å². The predicted octanol–water partition coefficient (Wildman–Crippen LogP) is 9.59. The highest BCUT2D eigenvalue weighted by Gasteiger charge is 2.33. The number of aryl methyl sites for hydroxylation is 1. The molecule has 0 spiro atoms. The van der Waals surface area contributed by atoms with E-state index in [0.717, 1.165) is 54.1 Å². The van der Waals surface area contributed by atoms with Gasteiger partial charge in [-0.15, -0.1) is 0 Å². The van der Waals surface area contributed by atoms with Gasteiger partial charge in [0.15, 0.2) is 13.2 Å². The molecule has 0 bridgehead atoms. The Balaban J connectivity index is 0.000000264. The van der Waals surface area contributed by atoms with Gasteiger partial charge < -0.3 is 19.7 Å². The van der Waals surface area contributed by atoms with Crippen LogP contribution in [0.4, 0.5) is 39.5 Å². The number of halogens is 9. The van der Waals surface area contributed by atoms with Crippen LogP contribution >= 0.6 is 11.8 Å². The molecule has 4 rings (SSSR count). The van der Waals surface area contributed by atoms with Gasteiger partial charge >= 0.3 is 29.8 Å². The van der Waals surface area contributed by atoms with E-state index in [9.17, 15) is 49.1 Å². The summed E-state index contributed by atoms with van der Waals surface area (Å²) in [4.78, 5) is 21.1. The summed E-state index contributed by atoms with van der Waals surface area (Å²) in [5.74, 6) is -2.56. The Bertz CT molecular complexity index is 1720. The lowest BCUT2D eigenvalue weighted by Crippen LogP contribution is -2.11. The van der Waals surface area contributed by atoms with Crippen LogP contribution in [-0.4, -0.2) is 40.9 Å². The molecule has 6 nitrogen and oxygen atoms in total. The Hall–Kier alpha value is -4.86. The van der Waals surface area contributed by atoms with Gasteiger partial charge in [-0.25, -0.2) is 9.59 Å². The number of aliphatic carboxylic acids is 2. The summed E-state index contributed by atoms with van der Waals surface area (Å²) in [5, 5.41) is 17.3. The fourth-order valence-corrected chi connectivity index (χ4v) is 4.50. The average Bonchev–Trinajstić information content (AvgIpc) is 2.98. The quantitative estimate of drug-likeness (QED) is 0.132. The zero-order valence-corrected chi connectivity index (χ0v) is 25.2. The topological polar surface area (TPSA) is 93.1 Å². The molecule has 0 saturated carbocycles. The third-order valence-electron chi connectivity index (χ3n) is 6.08. The number of ether oxygens (including phenoxy) is 2. The van der Waals surface area contributed by atoms with E-state index >= 15 is 0 Å². The van der Waals surface area contributed by atoms with Crippen molar-refractivity contribution in [2.75, 3.05) is 13.2 Å². The Morgan fingerprint density at radius 3 is 1.31 bits per heavy atom. The molecule has 0 aromatic heterocycles. The number of carbonyl (C=O) groups is 2. The molecule has 0 unspecified atom stereocenters. The summed E-state index contributed by atoms with van der Waals surface area (Å²) >= 11 is -0.359. The summed E-state index contributed by atoms with van der Waals surface area (Å²) in [6, 6.07) is 16.9. The van der Waals surface area contributed by atoms with Gasteiger partial charge in [-0.3, -0.25) is 0 Å². The fourth-order valence-electron chi connectivity index (χ4n) is 3.96. The van der Waals surface area contributed by atoms with E-state index in [1.54, 1.807) is 24.3 Å². The number of hydrogen-bond acceptors (Lipinski definition) is 5. The highest BCUT2D eigenvalue weighted by atomic mass is 32.2. The number of benzene rings is 4. The van der Waals surface area contributed by atoms with Crippen molar-refractivity contribution in [2.45, 2.75) is 29.7 Å². The molecule has 48 heavy (non-hydrogen) atoms. The Kier molecular flexibility index (Phi) is 12.0. The lowest BCUT2D eigenvalue weighted by molar-refractivity contribution is -0.140. The number of thioether (sulfide) groups is 1. The second-order valence-electron chi connectivity index (χ2n) is 9.72. The average molecular weight is 707 g/mol. The first-order valence-corrected chi connectivity index (χ1v) is 14.1. The third kappa shape index (κ3) is 11.4. The Labute approximate surface area is 270 Å². The first-order chi connectivity index (χ1) is 22.2. The van der Waals surface area contributed by atoms with Crippen molar-refractivity contribution in [1.82, 2.24) is 0 Å². The van der Waals surface area contributed by atoms with Gasteiger partial charge in [-0.05, 0) is 78.3 Å². The third-order valence-corrected chi connectivity index (χ3v) is 6.82. The molecule has 0 saturated heterocycles. The molecule has 0 radical (unpaired) electrons. The summed E-state index contributed by atoms with van der Waals surface area (Å²) in [7, 11) is 0. The van der Waals surface area contributed by atoms with Crippen LogP contribution in [0.3, 0.4) is 0 Å². The van der Waals surface area contributed by atoms with E-state index in [1.165, 1.54) is 12.1 Å². The Morgan fingerprint density at radius 1 is 0.604 bits per heavy atom. The summed E-state index contributed by atoms with van der Waals surface area (Å²) < 4.78 is 124. The van der Waals surface area contributed by atoms with Crippen molar-refractivity contribution in [1.29, 1.82) is 0 Å². The van der Waals surface area contributed by atoms with Crippen LogP contribution in [0.25, 0.3) is 22.3 Å². The molecule has 0 atom stereocenters. The van der Waals surface area contributed by atoms with Crippen molar-refractivity contribution in [3.05, 3.63) is 102 Å². The van der Waals surface area contributed by atoms with Crippen LogP contribution in [-0.2, 0) is 21.9 Å². The van der Waals surface area contributed by atoms with E-state index in [2.05, 4.69) is 0 Å². The molecule has 16 heteroatoms. The van der Waals surface area contributed by atoms with Crippen LogP contribution < -0.4 is 9.47 Å². The minimum atomic E-state index is -4.65. The molecule has 0 aliphatic heterocycles. The van der Waals surface area contributed by atoms with Gasteiger partial charge in [0.25, 0.3) is 0 Å². The SMILES string of the molecule is Cc1ccc(-c2cc(C(F)(F)F)ccc2OCC(=O)O)cc1.O=C(O)COc1ccc(C(F)(F)F)cc1-c1ccc(SC(F)(F)F)cc1. The Morgan fingerprint density at radius 2 is 0.979 bits per heavy atom. The van der Waals surface area contributed by atoms with Crippen LogP contribution in [0.1, 0.15) is 16.7 Å². The predicted molar refractivity (Wildman–Crippen MR) is 157 cm³/mol. The van der Waals surface area contributed by atoms with Gasteiger partial charge in [0.2, 0.25) is 0 Å². The minimum Gasteiger partial charge on any atom is -0.481 e. The number of carboxylic acids is 2. The number of carboxylic acid groups (broad SMARTS) is 2. The standard InChI is InChI=1S/C16H10F6O3S.C16H13F3O3/c17-15(18,19)10-3-6-13(25-8-14(23)24)12(7-10)9-1-4-11(5-2-9)26-16(20,21)22;1-10-2-4-11(5-3-10)13-8-12(16(17,18)19)6-7-14(13)22-9-15(20)21/h1-7H,8H2,(H,23,24);2-8H,9H2,1H3,(H,20,21). The molecular weight excluding hydrogens is 683 g/mol. The lowest BCUT2D eigenvalue weighted by Gasteiger charge is -2.14. The minimum absolute atomic E-state index is 0.0790. The normalized spacial score (nSPS) is 11.7.